The standard InChI is InChI=1S/C13H14N4OSi/c1-19(2,3)18-11-4-5-12(7-14,8-15)13(6-11,9-16)10-17/h4H,5-6H2,1-3H3. The van der Waals surface area contributed by atoms with Crippen LogP contribution >= 0.6 is 0 Å². The molecule has 0 aromatic carbocycles. The summed E-state index contributed by atoms with van der Waals surface area (Å²) >= 11 is 0. The first-order chi connectivity index (χ1) is 8.78. The number of rotatable bonds is 2. The van der Waals surface area contributed by atoms with E-state index in [1.54, 1.807) is 6.08 Å². The van der Waals surface area contributed by atoms with Crippen LogP contribution in [0.5, 0.6) is 0 Å². The summed E-state index contributed by atoms with van der Waals surface area (Å²) in [4.78, 5) is 0. The quantitative estimate of drug-likeness (QED) is 0.717. The van der Waals surface area contributed by atoms with E-state index in [-0.39, 0.29) is 12.8 Å². The van der Waals surface area contributed by atoms with Crippen LogP contribution in [-0.4, -0.2) is 8.32 Å². The summed E-state index contributed by atoms with van der Waals surface area (Å²) in [6.45, 7) is 5.97. The lowest BCUT2D eigenvalue weighted by molar-refractivity contribution is 0.233. The lowest BCUT2D eigenvalue weighted by Crippen LogP contribution is -2.42. The Balaban J connectivity index is 3.27. The Morgan fingerprint density at radius 1 is 1.00 bits per heavy atom. The van der Waals surface area contributed by atoms with Crippen LogP contribution in [0.15, 0.2) is 11.8 Å². The minimum absolute atomic E-state index is 0.00854. The fourth-order valence-corrected chi connectivity index (χ4v) is 2.94. The molecule has 0 unspecified atom stereocenters. The highest BCUT2D eigenvalue weighted by molar-refractivity contribution is 6.70. The number of allylic oxidation sites excluding steroid dienone is 2. The van der Waals surface area contributed by atoms with E-state index in [0.29, 0.717) is 5.76 Å². The molecule has 0 amide bonds. The van der Waals surface area contributed by atoms with Crippen molar-refractivity contribution in [3.05, 3.63) is 11.8 Å². The highest BCUT2D eigenvalue weighted by atomic mass is 28.4. The number of nitrogens with zero attached hydrogens (tertiary/aromatic N) is 4. The molecule has 0 aliphatic heterocycles. The molecule has 0 fully saturated rings. The molecule has 0 atom stereocenters. The summed E-state index contributed by atoms with van der Waals surface area (Å²) < 4.78 is 5.80. The van der Waals surface area contributed by atoms with Gasteiger partial charge >= 0.3 is 0 Å². The van der Waals surface area contributed by atoms with Gasteiger partial charge in [-0.3, -0.25) is 0 Å². The molecule has 0 bridgehead atoms. The first kappa shape index (κ1) is 14.8. The van der Waals surface area contributed by atoms with E-state index in [9.17, 15) is 21.0 Å². The summed E-state index contributed by atoms with van der Waals surface area (Å²) in [6, 6.07) is 7.42. The second-order valence-electron chi connectivity index (χ2n) is 5.52. The fraction of sp³-hybridized carbons (Fsp3) is 0.538. The molecule has 6 heteroatoms. The molecule has 0 saturated heterocycles. The molecule has 0 N–H and O–H groups in total. The predicted octanol–water partition coefficient (Wildman–Crippen LogP) is 2.58. The van der Waals surface area contributed by atoms with Gasteiger partial charge in [-0.15, -0.1) is 0 Å². The Bertz CT molecular complexity index is 546. The maximum absolute atomic E-state index is 9.31. The van der Waals surface area contributed by atoms with Crippen molar-refractivity contribution in [2.75, 3.05) is 0 Å². The van der Waals surface area contributed by atoms with Crippen LogP contribution in [0.25, 0.3) is 0 Å². The average Bonchev–Trinajstić information content (AvgIpc) is 2.37. The van der Waals surface area contributed by atoms with Crippen LogP contribution in [0.4, 0.5) is 0 Å². The fourth-order valence-electron chi connectivity index (χ4n) is 2.00. The third kappa shape index (κ3) is 2.45. The molecule has 96 valence electrons. The van der Waals surface area contributed by atoms with Crippen LogP contribution in [0.2, 0.25) is 19.6 Å². The molecule has 0 spiro atoms. The van der Waals surface area contributed by atoms with Gasteiger partial charge in [0.1, 0.15) is 0 Å². The van der Waals surface area contributed by atoms with E-state index in [0.717, 1.165) is 0 Å². The van der Waals surface area contributed by atoms with E-state index in [1.165, 1.54) is 0 Å². The molecule has 0 radical (unpaired) electrons. The first-order valence-corrected chi connectivity index (χ1v) is 9.22. The summed E-state index contributed by atoms with van der Waals surface area (Å²) in [5.74, 6) is 0.545. The van der Waals surface area contributed by atoms with Crippen molar-refractivity contribution in [1.29, 1.82) is 21.0 Å². The van der Waals surface area contributed by atoms with Crippen molar-refractivity contribution in [2.24, 2.45) is 10.8 Å². The van der Waals surface area contributed by atoms with Gasteiger partial charge in [0.2, 0.25) is 8.32 Å². The van der Waals surface area contributed by atoms with E-state index in [2.05, 4.69) is 0 Å². The van der Waals surface area contributed by atoms with E-state index < -0.39 is 19.1 Å². The van der Waals surface area contributed by atoms with Crippen molar-refractivity contribution in [1.82, 2.24) is 0 Å². The lowest BCUT2D eigenvalue weighted by Gasteiger charge is -2.36. The molecule has 5 nitrogen and oxygen atoms in total. The Labute approximate surface area is 114 Å². The smallest absolute Gasteiger partial charge is 0.241 e. The zero-order valence-corrected chi connectivity index (χ0v) is 12.2. The van der Waals surface area contributed by atoms with Crippen molar-refractivity contribution in [2.45, 2.75) is 32.5 Å². The maximum atomic E-state index is 9.31. The first-order valence-electron chi connectivity index (χ1n) is 5.81. The Morgan fingerprint density at radius 2 is 1.47 bits per heavy atom. The normalized spacial score (nSPS) is 19.8. The van der Waals surface area contributed by atoms with Gasteiger partial charge in [0.25, 0.3) is 0 Å². The maximum Gasteiger partial charge on any atom is 0.241 e. The van der Waals surface area contributed by atoms with Gasteiger partial charge in [-0.2, -0.15) is 21.0 Å². The Hall–Kier alpha value is -2.28. The zero-order chi connectivity index (χ0) is 14.7. The third-order valence-electron chi connectivity index (χ3n) is 3.00. The zero-order valence-electron chi connectivity index (χ0n) is 11.2. The van der Waals surface area contributed by atoms with Gasteiger partial charge in [-0.1, -0.05) is 0 Å². The number of hydrogen-bond acceptors (Lipinski definition) is 5. The molecule has 0 aromatic heterocycles. The molecule has 1 aliphatic carbocycles. The van der Waals surface area contributed by atoms with Crippen LogP contribution in [-0.2, 0) is 4.43 Å². The third-order valence-corrected chi connectivity index (χ3v) is 3.88. The Kier molecular flexibility index (Phi) is 3.71. The van der Waals surface area contributed by atoms with Crippen LogP contribution < -0.4 is 0 Å². The molecule has 1 aliphatic rings. The molecule has 0 heterocycles. The van der Waals surface area contributed by atoms with Gasteiger partial charge < -0.3 is 4.43 Å². The second kappa shape index (κ2) is 4.77. The van der Waals surface area contributed by atoms with E-state index >= 15 is 0 Å². The molecular weight excluding hydrogens is 256 g/mol. The van der Waals surface area contributed by atoms with Crippen LogP contribution in [0.1, 0.15) is 12.8 Å². The van der Waals surface area contributed by atoms with Crippen LogP contribution in [0, 0.1) is 56.2 Å². The largest absolute Gasteiger partial charge is 0.547 e. The molecule has 1 rings (SSSR count). The van der Waals surface area contributed by atoms with E-state index in [1.807, 2.05) is 43.9 Å². The Morgan fingerprint density at radius 3 is 1.84 bits per heavy atom. The van der Waals surface area contributed by atoms with Gasteiger partial charge in [0, 0.05) is 12.8 Å². The van der Waals surface area contributed by atoms with Gasteiger partial charge in [0.05, 0.1) is 30.0 Å². The average molecular weight is 270 g/mol. The van der Waals surface area contributed by atoms with Crippen molar-refractivity contribution >= 4 is 8.32 Å². The summed E-state index contributed by atoms with van der Waals surface area (Å²) in [5, 5.41) is 37.1. The SMILES string of the molecule is C[Si](C)(C)OC1=CCC(C#N)(C#N)C(C#N)(C#N)C1. The minimum atomic E-state index is -1.85. The van der Waals surface area contributed by atoms with Crippen molar-refractivity contribution in [3.63, 3.8) is 0 Å². The monoisotopic (exact) mass is 270 g/mol. The number of hydrogen-bond donors (Lipinski definition) is 0. The summed E-state index contributed by atoms with van der Waals surface area (Å²) in [7, 11) is -1.85. The second-order valence-corrected chi connectivity index (χ2v) is 9.95. The van der Waals surface area contributed by atoms with Gasteiger partial charge in [0.15, 0.2) is 10.8 Å². The highest BCUT2D eigenvalue weighted by Crippen LogP contribution is 2.49. The van der Waals surface area contributed by atoms with Crippen molar-refractivity contribution < 1.29 is 4.43 Å². The molecule has 19 heavy (non-hydrogen) atoms. The summed E-state index contributed by atoms with van der Waals surface area (Å²) in [6.07, 6.45) is 1.70. The minimum Gasteiger partial charge on any atom is -0.547 e. The van der Waals surface area contributed by atoms with Crippen molar-refractivity contribution in [3.8, 4) is 24.3 Å². The van der Waals surface area contributed by atoms with Gasteiger partial charge in [-0.25, -0.2) is 0 Å². The molecule has 0 aromatic rings. The topological polar surface area (TPSA) is 104 Å². The van der Waals surface area contributed by atoms with E-state index in [4.69, 9.17) is 4.43 Å². The van der Waals surface area contributed by atoms with Gasteiger partial charge in [-0.05, 0) is 25.7 Å². The van der Waals surface area contributed by atoms with Crippen LogP contribution in [0.3, 0.4) is 0 Å². The number of nitriles is 4. The molecular formula is C13H14N4OSi. The predicted molar refractivity (Wildman–Crippen MR) is 69.1 cm³/mol. The molecule has 0 saturated carbocycles. The summed E-state index contributed by atoms with van der Waals surface area (Å²) in [5.41, 5.74) is -3.29. The highest BCUT2D eigenvalue weighted by Gasteiger charge is 2.57. The lowest BCUT2D eigenvalue weighted by atomic mass is 9.60.